The molecule has 0 aliphatic carbocycles. The highest BCUT2D eigenvalue weighted by Gasteiger charge is 2.22. The Kier molecular flexibility index (Phi) is 4.70. The van der Waals surface area contributed by atoms with Crippen LogP contribution in [0.1, 0.15) is 21.6 Å². The summed E-state index contributed by atoms with van der Waals surface area (Å²) in [6, 6.07) is 1.82. The van der Waals surface area contributed by atoms with E-state index in [2.05, 4.69) is 10.1 Å². The van der Waals surface area contributed by atoms with E-state index in [4.69, 9.17) is 4.74 Å². The number of aryl methyl sites for hydroxylation is 1. The number of ketones is 1. The van der Waals surface area contributed by atoms with E-state index in [0.29, 0.717) is 23.6 Å². The van der Waals surface area contributed by atoms with Crippen molar-refractivity contribution >= 4 is 5.78 Å². The molecule has 0 unspecified atom stereocenters. The monoisotopic (exact) mass is 288 g/mol. The van der Waals surface area contributed by atoms with E-state index in [-0.39, 0.29) is 5.78 Å². The normalized spacial score (nSPS) is 10.9. The van der Waals surface area contributed by atoms with Gasteiger partial charge in [0.15, 0.2) is 11.4 Å². The average molecular weight is 288 g/mol. The molecule has 2 aromatic rings. The number of carbonyl (C=O) groups is 1. The number of ether oxygens (including phenoxy) is 1. The van der Waals surface area contributed by atoms with Crippen molar-refractivity contribution in [3.05, 3.63) is 41.5 Å². The van der Waals surface area contributed by atoms with Gasteiger partial charge in [0.1, 0.15) is 0 Å². The zero-order valence-electron chi connectivity index (χ0n) is 12.8. The molecule has 0 amide bonds. The molecule has 0 radical (unpaired) electrons. The van der Waals surface area contributed by atoms with Crippen LogP contribution >= 0.6 is 0 Å². The Morgan fingerprint density at radius 3 is 2.76 bits per heavy atom. The molecule has 2 heterocycles. The third-order valence-corrected chi connectivity index (χ3v) is 3.28. The lowest BCUT2D eigenvalue weighted by Crippen LogP contribution is -2.22. The summed E-state index contributed by atoms with van der Waals surface area (Å²) in [5, 5.41) is 4.26. The van der Waals surface area contributed by atoms with Crippen LogP contribution in [-0.4, -0.2) is 53.2 Å². The lowest BCUT2D eigenvalue weighted by molar-refractivity contribution is 0.102. The van der Waals surface area contributed by atoms with Crippen LogP contribution in [0.5, 0.6) is 5.75 Å². The molecule has 0 fully saturated rings. The predicted molar refractivity (Wildman–Crippen MR) is 79.7 cm³/mol. The lowest BCUT2D eigenvalue weighted by atomic mass is 10.1. The van der Waals surface area contributed by atoms with Gasteiger partial charge in [-0.1, -0.05) is 0 Å². The van der Waals surface area contributed by atoms with Gasteiger partial charge < -0.3 is 9.64 Å². The van der Waals surface area contributed by atoms with Crippen molar-refractivity contribution < 1.29 is 9.53 Å². The number of aromatic nitrogens is 3. The molecule has 2 aromatic heterocycles. The first-order chi connectivity index (χ1) is 10.0. The topological polar surface area (TPSA) is 60.2 Å². The molecule has 0 N–H and O–H groups in total. The van der Waals surface area contributed by atoms with Crippen molar-refractivity contribution in [2.75, 3.05) is 27.7 Å². The van der Waals surface area contributed by atoms with Crippen molar-refractivity contribution in [3.63, 3.8) is 0 Å². The Bertz CT molecular complexity index is 634. The summed E-state index contributed by atoms with van der Waals surface area (Å²) in [4.78, 5) is 18.9. The standard InChI is InChI=1S/C15H20N4O2/c1-11-5-6-16-9-12(11)15(20)14-13(21-4)10-17-19(14)8-7-18(2)3/h5-6,9-10H,7-8H2,1-4H3. The van der Waals surface area contributed by atoms with Crippen molar-refractivity contribution in [1.29, 1.82) is 0 Å². The van der Waals surface area contributed by atoms with E-state index in [0.717, 1.165) is 12.1 Å². The molecule has 0 spiro atoms. The van der Waals surface area contributed by atoms with Gasteiger partial charge in [-0.05, 0) is 32.6 Å². The van der Waals surface area contributed by atoms with Gasteiger partial charge in [0.2, 0.25) is 5.78 Å². The van der Waals surface area contributed by atoms with E-state index in [1.165, 1.54) is 0 Å². The summed E-state index contributed by atoms with van der Waals surface area (Å²) < 4.78 is 6.97. The maximum absolute atomic E-state index is 12.8. The maximum atomic E-state index is 12.8. The summed E-state index contributed by atoms with van der Waals surface area (Å²) in [6.07, 6.45) is 4.83. The van der Waals surface area contributed by atoms with E-state index in [1.54, 1.807) is 30.4 Å². The van der Waals surface area contributed by atoms with Crippen LogP contribution in [0.3, 0.4) is 0 Å². The van der Waals surface area contributed by atoms with Gasteiger partial charge in [-0.15, -0.1) is 0 Å². The summed E-state index contributed by atoms with van der Waals surface area (Å²) in [6.45, 7) is 3.30. The molecule has 0 saturated heterocycles. The largest absolute Gasteiger partial charge is 0.493 e. The van der Waals surface area contributed by atoms with Crippen LogP contribution in [0.2, 0.25) is 0 Å². The van der Waals surface area contributed by atoms with Crippen LogP contribution in [0, 0.1) is 6.92 Å². The van der Waals surface area contributed by atoms with Crippen LogP contribution in [-0.2, 0) is 6.54 Å². The van der Waals surface area contributed by atoms with Gasteiger partial charge in [-0.25, -0.2) is 0 Å². The minimum absolute atomic E-state index is 0.117. The number of likely N-dealkylation sites (N-methyl/N-ethyl adjacent to an activating group) is 1. The SMILES string of the molecule is COc1cnn(CCN(C)C)c1C(=O)c1cnccc1C. The molecule has 6 nitrogen and oxygen atoms in total. The van der Waals surface area contributed by atoms with E-state index in [9.17, 15) is 4.79 Å². The molecule has 112 valence electrons. The zero-order chi connectivity index (χ0) is 15.4. The van der Waals surface area contributed by atoms with Crippen molar-refractivity contribution in [2.24, 2.45) is 0 Å². The number of carbonyl (C=O) groups excluding carboxylic acids is 1. The van der Waals surface area contributed by atoms with Crippen molar-refractivity contribution in [1.82, 2.24) is 19.7 Å². The second kappa shape index (κ2) is 6.49. The first kappa shape index (κ1) is 15.2. The molecule has 0 atom stereocenters. The van der Waals surface area contributed by atoms with Gasteiger partial charge in [0.05, 0.1) is 19.9 Å². The Morgan fingerprint density at radius 2 is 2.14 bits per heavy atom. The number of methoxy groups -OCH3 is 1. The second-order valence-electron chi connectivity index (χ2n) is 5.11. The van der Waals surface area contributed by atoms with Crippen LogP contribution in [0.4, 0.5) is 0 Å². The maximum Gasteiger partial charge on any atom is 0.216 e. The Hall–Kier alpha value is -2.21. The molecule has 0 aliphatic rings. The molecule has 6 heteroatoms. The fourth-order valence-corrected chi connectivity index (χ4v) is 2.04. The average Bonchev–Trinajstić information content (AvgIpc) is 2.87. The molecular formula is C15H20N4O2. The molecule has 0 saturated carbocycles. The number of hydrogen-bond donors (Lipinski definition) is 0. The Labute approximate surface area is 124 Å². The van der Waals surface area contributed by atoms with E-state index in [1.807, 2.05) is 32.0 Å². The molecule has 21 heavy (non-hydrogen) atoms. The molecule has 0 bridgehead atoms. The second-order valence-corrected chi connectivity index (χ2v) is 5.11. The highest BCUT2D eigenvalue weighted by molar-refractivity contribution is 6.10. The smallest absolute Gasteiger partial charge is 0.216 e. The molecule has 2 rings (SSSR count). The number of rotatable bonds is 6. The van der Waals surface area contributed by atoms with Crippen molar-refractivity contribution in [2.45, 2.75) is 13.5 Å². The van der Waals surface area contributed by atoms with Crippen LogP contribution in [0.15, 0.2) is 24.7 Å². The summed E-state index contributed by atoms with van der Waals surface area (Å²) >= 11 is 0. The number of nitrogens with zero attached hydrogens (tertiary/aromatic N) is 4. The third-order valence-electron chi connectivity index (χ3n) is 3.28. The minimum Gasteiger partial charge on any atom is -0.493 e. The summed E-state index contributed by atoms with van der Waals surface area (Å²) in [7, 11) is 5.50. The Balaban J connectivity index is 2.39. The van der Waals surface area contributed by atoms with Gasteiger partial charge >= 0.3 is 0 Å². The predicted octanol–water partition coefficient (Wildman–Crippen LogP) is 1.39. The van der Waals surface area contributed by atoms with Gasteiger partial charge in [0, 0.05) is 24.5 Å². The quantitative estimate of drug-likeness (QED) is 0.752. The van der Waals surface area contributed by atoms with Crippen LogP contribution < -0.4 is 4.74 Å². The van der Waals surface area contributed by atoms with E-state index >= 15 is 0 Å². The lowest BCUT2D eigenvalue weighted by Gasteiger charge is -2.12. The molecule has 0 aliphatic heterocycles. The van der Waals surface area contributed by atoms with Crippen LogP contribution in [0.25, 0.3) is 0 Å². The summed E-state index contributed by atoms with van der Waals surface area (Å²) in [5.41, 5.74) is 1.93. The Morgan fingerprint density at radius 1 is 1.38 bits per heavy atom. The zero-order valence-corrected chi connectivity index (χ0v) is 12.8. The first-order valence-corrected chi connectivity index (χ1v) is 6.74. The summed E-state index contributed by atoms with van der Waals surface area (Å²) in [5.74, 6) is 0.371. The third kappa shape index (κ3) is 3.28. The highest BCUT2D eigenvalue weighted by Crippen LogP contribution is 2.22. The number of pyridine rings is 1. The van der Waals surface area contributed by atoms with E-state index < -0.39 is 0 Å². The first-order valence-electron chi connectivity index (χ1n) is 6.74. The fourth-order valence-electron chi connectivity index (χ4n) is 2.04. The van der Waals surface area contributed by atoms with Gasteiger partial charge in [0.25, 0.3) is 0 Å². The minimum atomic E-state index is -0.117. The number of hydrogen-bond acceptors (Lipinski definition) is 5. The molecular weight excluding hydrogens is 268 g/mol. The van der Waals surface area contributed by atoms with Crippen molar-refractivity contribution in [3.8, 4) is 5.75 Å². The molecule has 0 aromatic carbocycles. The van der Waals surface area contributed by atoms with Gasteiger partial charge in [-0.2, -0.15) is 5.10 Å². The highest BCUT2D eigenvalue weighted by atomic mass is 16.5. The fraction of sp³-hybridized carbons (Fsp3) is 0.400. The van der Waals surface area contributed by atoms with Gasteiger partial charge in [-0.3, -0.25) is 14.5 Å².